The largest absolute Gasteiger partial charge is 0.399 e. The first kappa shape index (κ1) is 13.2. The predicted molar refractivity (Wildman–Crippen MR) is 83.9 cm³/mol. The number of nitrogens with two attached hydrogens (primary N) is 1. The minimum absolute atomic E-state index is 0.108. The first-order valence-corrected chi connectivity index (χ1v) is 6.73. The molecule has 0 fully saturated rings. The van der Waals surface area contributed by atoms with Crippen LogP contribution in [0.1, 0.15) is 13.0 Å². The molecule has 0 saturated heterocycles. The van der Waals surface area contributed by atoms with Gasteiger partial charge in [-0.2, -0.15) is 0 Å². The number of carbonyl (C=O) groups excluding carboxylic acids is 1. The third kappa shape index (κ3) is 2.58. The van der Waals surface area contributed by atoms with Crippen LogP contribution in [0.2, 0.25) is 0 Å². The topological polar surface area (TPSA) is 72.9 Å². The Balaban J connectivity index is 1.84. The summed E-state index contributed by atoms with van der Waals surface area (Å²) in [7, 11) is 0. The van der Waals surface area contributed by atoms with Crippen molar-refractivity contribution in [3.05, 3.63) is 54.9 Å². The van der Waals surface area contributed by atoms with Crippen molar-refractivity contribution in [3.8, 4) is 0 Å². The van der Waals surface area contributed by atoms with Crippen LogP contribution in [0.15, 0.2) is 54.9 Å². The molecule has 0 saturated carbocycles. The molecule has 0 aliphatic heterocycles. The number of nitrogens with one attached hydrogen (secondary N) is 1. The summed E-state index contributed by atoms with van der Waals surface area (Å²) >= 11 is 0. The standard InChI is InChI=1S/C16H16N4O/c1-11(16(21)19-13-6-4-5-12(17)9-13)20-10-18-14-7-2-3-8-15(14)20/h2-11H,17H2,1H3,(H,19,21). The lowest BCUT2D eigenvalue weighted by Crippen LogP contribution is -2.23. The lowest BCUT2D eigenvalue weighted by molar-refractivity contribution is -0.118. The van der Waals surface area contributed by atoms with Crippen LogP contribution in [-0.2, 0) is 4.79 Å². The van der Waals surface area contributed by atoms with E-state index in [0.29, 0.717) is 11.4 Å². The maximum Gasteiger partial charge on any atom is 0.247 e. The Hall–Kier alpha value is -2.82. The smallest absolute Gasteiger partial charge is 0.247 e. The second-order valence-electron chi connectivity index (χ2n) is 4.93. The molecule has 21 heavy (non-hydrogen) atoms. The molecule has 0 radical (unpaired) electrons. The van der Waals surface area contributed by atoms with E-state index in [9.17, 15) is 4.79 Å². The highest BCUT2D eigenvalue weighted by atomic mass is 16.2. The fourth-order valence-electron chi connectivity index (χ4n) is 2.28. The van der Waals surface area contributed by atoms with Crippen molar-refractivity contribution < 1.29 is 4.79 Å². The number of para-hydroxylation sites is 2. The van der Waals surface area contributed by atoms with E-state index >= 15 is 0 Å². The summed E-state index contributed by atoms with van der Waals surface area (Å²) in [5.41, 5.74) is 8.84. The number of rotatable bonds is 3. The van der Waals surface area contributed by atoms with Gasteiger partial charge < -0.3 is 15.6 Å². The molecule has 106 valence electrons. The highest BCUT2D eigenvalue weighted by Crippen LogP contribution is 2.19. The molecule has 1 amide bonds. The Kier molecular flexibility index (Phi) is 3.31. The van der Waals surface area contributed by atoms with Crippen molar-refractivity contribution >= 4 is 28.3 Å². The van der Waals surface area contributed by atoms with Gasteiger partial charge in [-0.1, -0.05) is 18.2 Å². The molecule has 3 rings (SSSR count). The summed E-state index contributed by atoms with van der Waals surface area (Å²) in [6.07, 6.45) is 1.69. The van der Waals surface area contributed by atoms with Crippen LogP contribution in [0.5, 0.6) is 0 Å². The quantitative estimate of drug-likeness (QED) is 0.724. The van der Waals surface area contributed by atoms with Crippen LogP contribution in [-0.4, -0.2) is 15.5 Å². The summed E-state index contributed by atoms with van der Waals surface area (Å²) in [4.78, 5) is 16.7. The van der Waals surface area contributed by atoms with Gasteiger partial charge in [-0.25, -0.2) is 4.98 Å². The number of benzene rings is 2. The van der Waals surface area contributed by atoms with Crippen molar-refractivity contribution in [2.75, 3.05) is 11.1 Å². The van der Waals surface area contributed by atoms with Gasteiger partial charge in [-0.05, 0) is 37.3 Å². The Morgan fingerprint density at radius 2 is 2.05 bits per heavy atom. The normalized spacial score (nSPS) is 12.2. The van der Waals surface area contributed by atoms with E-state index in [1.165, 1.54) is 0 Å². The maximum atomic E-state index is 12.4. The molecule has 0 aliphatic rings. The zero-order valence-electron chi connectivity index (χ0n) is 11.7. The molecule has 1 atom stereocenters. The van der Waals surface area contributed by atoms with Crippen LogP contribution in [0.4, 0.5) is 11.4 Å². The average Bonchev–Trinajstić information content (AvgIpc) is 2.90. The van der Waals surface area contributed by atoms with Gasteiger partial charge in [0.05, 0.1) is 17.4 Å². The molecule has 1 unspecified atom stereocenters. The van der Waals surface area contributed by atoms with Gasteiger partial charge in [0.25, 0.3) is 0 Å². The van der Waals surface area contributed by atoms with E-state index in [2.05, 4.69) is 10.3 Å². The van der Waals surface area contributed by atoms with Crippen molar-refractivity contribution in [2.45, 2.75) is 13.0 Å². The highest BCUT2D eigenvalue weighted by Gasteiger charge is 2.17. The zero-order valence-corrected chi connectivity index (χ0v) is 11.7. The van der Waals surface area contributed by atoms with Crippen LogP contribution in [0, 0.1) is 0 Å². The lowest BCUT2D eigenvalue weighted by atomic mass is 10.2. The number of amides is 1. The summed E-state index contributed by atoms with van der Waals surface area (Å²) in [6.45, 7) is 1.84. The Morgan fingerprint density at radius 1 is 1.24 bits per heavy atom. The monoisotopic (exact) mass is 280 g/mol. The summed E-state index contributed by atoms with van der Waals surface area (Å²) in [5.74, 6) is -0.108. The molecule has 5 nitrogen and oxygen atoms in total. The van der Waals surface area contributed by atoms with E-state index in [1.54, 1.807) is 18.5 Å². The molecule has 3 N–H and O–H groups in total. The molecular weight excluding hydrogens is 264 g/mol. The molecule has 2 aromatic carbocycles. The first-order valence-electron chi connectivity index (χ1n) is 6.73. The molecule has 5 heteroatoms. The van der Waals surface area contributed by atoms with Gasteiger partial charge >= 0.3 is 0 Å². The van der Waals surface area contributed by atoms with E-state index < -0.39 is 0 Å². The number of nitrogen functional groups attached to an aromatic ring is 1. The second-order valence-corrected chi connectivity index (χ2v) is 4.93. The number of anilines is 2. The zero-order chi connectivity index (χ0) is 14.8. The van der Waals surface area contributed by atoms with Crippen LogP contribution in [0.25, 0.3) is 11.0 Å². The van der Waals surface area contributed by atoms with E-state index in [4.69, 9.17) is 5.73 Å². The number of imidazole rings is 1. The number of nitrogens with zero attached hydrogens (tertiary/aromatic N) is 2. The number of hydrogen-bond donors (Lipinski definition) is 2. The van der Waals surface area contributed by atoms with E-state index in [0.717, 1.165) is 11.0 Å². The number of carbonyl (C=O) groups is 1. The summed E-state index contributed by atoms with van der Waals surface area (Å²) < 4.78 is 1.86. The Morgan fingerprint density at radius 3 is 2.86 bits per heavy atom. The second kappa shape index (κ2) is 5.28. The third-order valence-electron chi connectivity index (χ3n) is 3.43. The third-order valence-corrected chi connectivity index (χ3v) is 3.43. The van der Waals surface area contributed by atoms with E-state index in [1.807, 2.05) is 47.9 Å². The van der Waals surface area contributed by atoms with Gasteiger partial charge in [0.1, 0.15) is 6.04 Å². The van der Waals surface area contributed by atoms with Crippen LogP contribution < -0.4 is 11.1 Å². The van der Waals surface area contributed by atoms with Crippen molar-refractivity contribution in [3.63, 3.8) is 0 Å². The summed E-state index contributed by atoms with van der Waals surface area (Å²) in [5, 5.41) is 2.87. The van der Waals surface area contributed by atoms with Crippen LogP contribution >= 0.6 is 0 Å². The minimum Gasteiger partial charge on any atom is -0.399 e. The van der Waals surface area contributed by atoms with Gasteiger partial charge in [0.15, 0.2) is 0 Å². The number of fused-ring (bicyclic) bond motifs is 1. The van der Waals surface area contributed by atoms with Crippen molar-refractivity contribution in [2.24, 2.45) is 0 Å². The number of aromatic nitrogens is 2. The Bertz CT molecular complexity index is 794. The van der Waals surface area contributed by atoms with Crippen LogP contribution in [0.3, 0.4) is 0 Å². The predicted octanol–water partition coefficient (Wildman–Crippen LogP) is 2.82. The SMILES string of the molecule is CC(C(=O)Nc1cccc(N)c1)n1cnc2ccccc21. The molecule has 0 aliphatic carbocycles. The molecule has 1 aromatic heterocycles. The lowest BCUT2D eigenvalue weighted by Gasteiger charge is -2.14. The highest BCUT2D eigenvalue weighted by molar-refractivity contribution is 5.94. The van der Waals surface area contributed by atoms with Gasteiger partial charge in [-0.15, -0.1) is 0 Å². The molecule has 0 spiro atoms. The average molecular weight is 280 g/mol. The molecule has 0 bridgehead atoms. The fourth-order valence-corrected chi connectivity index (χ4v) is 2.28. The molecular formula is C16H16N4O. The minimum atomic E-state index is -0.362. The Labute approximate surface area is 122 Å². The fraction of sp³-hybridized carbons (Fsp3) is 0.125. The van der Waals surface area contributed by atoms with Crippen molar-refractivity contribution in [1.29, 1.82) is 0 Å². The summed E-state index contributed by atoms with van der Waals surface area (Å²) in [6, 6.07) is 14.5. The molecule has 3 aromatic rings. The first-order chi connectivity index (χ1) is 10.1. The number of hydrogen-bond acceptors (Lipinski definition) is 3. The van der Waals surface area contributed by atoms with E-state index in [-0.39, 0.29) is 11.9 Å². The van der Waals surface area contributed by atoms with Gasteiger partial charge in [-0.3, -0.25) is 4.79 Å². The maximum absolute atomic E-state index is 12.4. The molecule has 1 heterocycles. The van der Waals surface area contributed by atoms with Crippen molar-refractivity contribution in [1.82, 2.24) is 9.55 Å². The van der Waals surface area contributed by atoms with Gasteiger partial charge in [0, 0.05) is 11.4 Å². The van der Waals surface area contributed by atoms with Gasteiger partial charge in [0.2, 0.25) is 5.91 Å².